The fraction of sp³-hybridized carbons (Fsp3) is 0.480. The molecule has 3 aromatic rings. The number of rotatable bonds is 9. The third kappa shape index (κ3) is 7.81. The first-order chi connectivity index (χ1) is 16.1. The van der Waals surface area contributed by atoms with Crippen LogP contribution in [0.25, 0.3) is 11.0 Å². The summed E-state index contributed by atoms with van der Waals surface area (Å²) in [5, 5.41) is 0.999. The van der Waals surface area contributed by atoms with Gasteiger partial charge in [0.05, 0.1) is 16.3 Å². The van der Waals surface area contributed by atoms with E-state index in [0.717, 1.165) is 61.5 Å². The number of nitrogens with zero attached hydrogens (tertiary/aromatic N) is 4. The number of hydrogen-bond acceptors (Lipinski definition) is 4. The Labute approximate surface area is 203 Å². The van der Waals surface area contributed by atoms with Gasteiger partial charge in [0, 0.05) is 36.1 Å². The Morgan fingerprint density at radius 1 is 1.15 bits per heavy atom. The molecule has 0 aliphatic heterocycles. The van der Waals surface area contributed by atoms with E-state index in [9.17, 15) is 18.0 Å². The monoisotopic (exact) mass is 496 g/mol. The number of fused-ring (bicyclic) bond motifs is 1. The van der Waals surface area contributed by atoms with E-state index < -0.39 is 11.7 Å². The summed E-state index contributed by atoms with van der Waals surface area (Å²) in [4.78, 5) is 22.2. The fourth-order valence-electron chi connectivity index (χ4n) is 3.67. The molecular formula is C25H32ClF3N4O. The number of pyridine rings is 2. The lowest BCUT2D eigenvalue weighted by molar-refractivity contribution is -0.137. The molecule has 0 atom stereocenters. The number of aryl methyl sites for hydroxylation is 2. The van der Waals surface area contributed by atoms with Crippen molar-refractivity contribution in [2.75, 3.05) is 19.6 Å². The number of ketones is 1. The molecule has 0 unspecified atom stereocenters. The highest BCUT2D eigenvalue weighted by Gasteiger charge is 2.31. The van der Waals surface area contributed by atoms with Gasteiger partial charge in [0.25, 0.3) is 0 Å². The predicted octanol–water partition coefficient (Wildman–Crippen LogP) is 6.81. The molecule has 5 nitrogen and oxygen atoms in total. The van der Waals surface area contributed by atoms with Crippen molar-refractivity contribution in [1.29, 1.82) is 0 Å². The first-order valence-electron chi connectivity index (χ1n) is 11.4. The lowest BCUT2D eigenvalue weighted by Gasteiger charge is -2.20. The van der Waals surface area contributed by atoms with E-state index in [1.165, 1.54) is 12.8 Å². The Morgan fingerprint density at radius 2 is 1.82 bits per heavy atom. The molecule has 0 saturated carbocycles. The molecule has 0 fully saturated rings. The first-order valence-corrected chi connectivity index (χ1v) is 11.8. The zero-order valence-corrected chi connectivity index (χ0v) is 20.9. The van der Waals surface area contributed by atoms with Crippen LogP contribution in [0, 0.1) is 6.92 Å². The van der Waals surface area contributed by atoms with Gasteiger partial charge in [0.1, 0.15) is 5.65 Å². The topological polar surface area (TPSA) is 51.0 Å². The van der Waals surface area contributed by atoms with E-state index in [4.69, 9.17) is 11.6 Å². The SMILES string of the molecule is CCCN(CCC)CCCn1cc(C(C)=O)c2cccnc21.Cc1ncc(C(F)(F)F)cc1Cl. The molecule has 0 spiro atoms. The van der Waals surface area contributed by atoms with Crippen molar-refractivity contribution >= 4 is 28.4 Å². The molecule has 3 rings (SSSR count). The zero-order chi connectivity index (χ0) is 25.3. The van der Waals surface area contributed by atoms with Crippen LogP contribution in [0.1, 0.15) is 61.6 Å². The Bertz CT molecular complexity index is 1080. The van der Waals surface area contributed by atoms with Crippen LogP contribution in [0.15, 0.2) is 36.8 Å². The van der Waals surface area contributed by atoms with Crippen molar-refractivity contribution in [1.82, 2.24) is 19.4 Å². The summed E-state index contributed by atoms with van der Waals surface area (Å²) in [7, 11) is 0. The highest BCUT2D eigenvalue weighted by molar-refractivity contribution is 6.31. The van der Waals surface area contributed by atoms with Crippen molar-refractivity contribution in [2.24, 2.45) is 0 Å². The number of carbonyl (C=O) groups is 1. The van der Waals surface area contributed by atoms with Crippen molar-refractivity contribution < 1.29 is 18.0 Å². The van der Waals surface area contributed by atoms with Gasteiger partial charge in [-0.05, 0) is 70.9 Å². The molecule has 0 N–H and O–H groups in total. The second-order valence-corrected chi connectivity index (χ2v) is 8.56. The maximum Gasteiger partial charge on any atom is 0.417 e. The number of carbonyl (C=O) groups excluding carboxylic acids is 1. The van der Waals surface area contributed by atoms with Crippen LogP contribution in [0.2, 0.25) is 5.02 Å². The van der Waals surface area contributed by atoms with Crippen LogP contribution in [0.5, 0.6) is 0 Å². The smallest absolute Gasteiger partial charge is 0.332 e. The van der Waals surface area contributed by atoms with Crippen molar-refractivity contribution in [3.05, 3.63) is 58.6 Å². The Hall–Kier alpha value is -2.45. The van der Waals surface area contributed by atoms with Crippen LogP contribution in [0.4, 0.5) is 13.2 Å². The molecule has 186 valence electrons. The lowest BCUT2D eigenvalue weighted by Crippen LogP contribution is -2.27. The van der Waals surface area contributed by atoms with Gasteiger partial charge in [-0.15, -0.1) is 0 Å². The molecule has 0 bridgehead atoms. The number of halogens is 4. The second-order valence-electron chi connectivity index (χ2n) is 8.15. The van der Waals surface area contributed by atoms with Gasteiger partial charge in [0.2, 0.25) is 0 Å². The third-order valence-electron chi connectivity index (χ3n) is 5.32. The first kappa shape index (κ1) is 27.8. The highest BCUT2D eigenvalue weighted by Crippen LogP contribution is 2.30. The Kier molecular flexibility index (Phi) is 10.5. The summed E-state index contributed by atoms with van der Waals surface area (Å²) in [5.74, 6) is 0.107. The van der Waals surface area contributed by atoms with Crippen molar-refractivity contribution in [3.63, 3.8) is 0 Å². The average Bonchev–Trinajstić information content (AvgIpc) is 3.15. The van der Waals surface area contributed by atoms with Crippen LogP contribution < -0.4 is 0 Å². The minimum absolute atomic E-state index is 0.0322. The maximum absolute atomic E-state index is 12.0. The number of hydrogen-bond donors (Lipinski definition) is 0. The van der Waals surface area contributed by atoms with Gasteiger partial charge < -0.3 is 9.47 Å². The van der Waals surface area contributed by atoms with Crippen LogP contribution in [-0.2, 0) is 12.7 Å². The minimum atomic E-state index is -4.37. The summed E-state index contributed by atoms with van der Waals surface area (Å²) in [6, 6.07) is 4.74. The molecule has 3 heterocycles. The fourth-order valence-corrected chi connectivity index (χ4v) is 3.83. The third-order valence-corrected chi connectivity index (χ3v) is 5.70. The molecular weight excluding hydrogens is 465 g/mol. The molecule has 0 saturated heterocycles. The summed E-state index contributed by atoms with van der Waals surface area (Å²) < 4.78 is 38.1. The standard InChI is InChI=1S/C18H27N3O.C7H5ClF3N/c1-4-10-20(11-5-2)12-7-13-21-14-17(15(3)22)16-8-6-9-19-18(16)21;1-4-6(8)2-5(3-12-4)7(9,10)11/h6,8-9,14H,4-5,7,10-13H2,1-3H3;2-3H,1H3. The van der Waals surface area contributed by atoms with E-state index >= 15 is 0 Å². The minimum Gasteiger partial charge on any atom is -0.332 e. The molecule has 0 aliphatic carbocycles. The van der Waals surface area contributed by atoms with Crippen LogP contribution >= 0.6 is 11.6 Å². The van der Waals surface area contributed by atoms with Crippen molar-refractivity contribution in [3.8, 4) is 0 Å². The highest BCUT2D eigenvalue weighted by atomic mass is 35.5. The number of Topliss-reactive ketones (excluding diaryl/α,β-unsaturated/α-hetero) is 1. The molecule has 9 heteroatoms. The zero-order valence-electron chi connectivity index (χ0n) is 20.1. The van der Waals surface area contributed by atoms with Gasteiger partial charge in [-0.25, -0.2) is 4.98 Å². The summed E-state index contributed by atoms with van der Waals surface area (Å²) >= 11 is 5.46. The second kappa shape index (κ2) is 12.9. The number of alkyl halides is 3. The van der Waals surface area contributed by atoms with Crippen molar-refractivity contribution in [2.45, 2.75) is 59.7 Å². The molecule has 34 heavy (non-hydrogen) atoms. The van der Waals surface area contributed by atoms with Gasteiger partial charge >= 0.3 is 6.18 Å². The van der Waals surface area contributed by atoms with Gasteiger partial charge in [-0.2, -0.15) is 13.2 Å². The summed E-state index contributed by atoms with van der Waals surface area (Å²) in [6.07, 6.45) is 3.63. The maximum atomic E-state index is 12.0. The van der Waals surface area contributed by atoms with Crippen LogP contribution in [0.3, 0.4) is 0 Å². The van der Waals surface area contributed by atoms with E-state index in [1.807, 2.05) is 18.3 Å². The molecule has 0 aromatic carbocycles. The van der Waals surface area contributed by atoms with Gasteiger partial charge in [-0.1, -0.05) is 25.4 Å². The number of aromatic nitrogens is 3. The normalized spacial score (nSPS) is 11.6. The molecule has 0 aliphatic rings. The van der Waals surface area contributed by atoms with Gasteiger partial charge in [0.15, 0.2) is 5.78 Å². The van der Waals surface area contributed by atoms with Gasteiger partial charge in [-0.3, -0.25) is 9.78 Å². The Morgan fingerprint density at radius 3 is 2.38 bits per heavy atom. The molecule has 3 aromatic heterocycles. The molecule has 0 amide bonds. The molecule has 0 radical (unpaired) electrons. The average molecular weight is 497 g/mol. The van der Waals surface area contributed by atoms with E-state index in [-0.39, 0.29) is 10.8 Å². The quantitative estimate of drug-likeness (QED) is 0.305. The summed E-state index contributed by atoms with van der Waals surface area (Å²) in [6.45, 7) is 12.0. The van der Waals surface area contributed by atoms with E-state index in [1.54, 1.807) is 20.0 Å². The van der Waals surface area contributed by atoms with Crippen LogP contribution in [-0.4, -0.2) is 44.9 Å². The van der Waals surface area contributed by atoms with E-state index in [0.29, 0.717) is 5.69 Å². The summed E-state index contributed by atoms with van der Waals surface area (Å²) in [5.41, 5.74) is 1.27. The lowest BCUT2D eigenvalue weighted by atomic mass is 10.2. The van der Waals surface area contributed by atoms with E-state index in [2.05, 4.69) is 33.3 Å². The predicted molar refractivity (Wildman–Crippen MR) is 130 cm³/mol. The Balaban J connectivity index is 0.000000287. The largest absolute Gasteiger partial charge is 0.417 e.